The first-order chi connectivity index (χ1) is 7.72. The SMILES string of the molecule is CC(C)(C)CNc1ccc(C(=O)O)c(F)c1F. The number of carboxylic acid groups (broad SMARTS) is 1. The number of nitrogens with one attached hydrogen (secondary N) is 1. The molecule has 0 amide bonds. The molecule has 0 unspecified atom stereocenters. The van der Waals surface area contributed by atoms with Crippen LogP contribution in [0.5, 0.6) is 0 Å². The second kappa shape index (κ2) is 4.69. The second-order valence-corrected chi connectivity index (χ2v) is 5.01. The topological polar surface area (TPSA) is 49.3 Å². The maximum Gasteiger partial charge on any atom is 0.338 e. The van der Waals surface area contributed by atoms with Crippen molar-refractivity contribution in [1.29, 1.82) is 0 Å². The molecule has 17 heavy (non-hydrogen) atoms. The van der Waals surface area contributed by atoms with Crippen LogP contribution in [-0.2, 0) is 0 Å². The number of benzene rings is 1. The van der Waals surface area contributed by atoms with Gasteiger partial charge in [0.05, 0.1) is 11.3 Å². The Morgan fingerprint density at radius 2 is 1.88 bits per heavy atom. The summed E-state index contributed by atoms with van der Waals surface area (Å²) in [6, 6.07) is 2.28. The van der Waals surface area contributed by atoms with Gasteiger partial charge in [0.2, 0.25) is 0 Å². The number of rotatable bonds is 3. The highest BCUT2D eigenvalue weighted by Gasteiger charge is 2.19. The molecule has 0 aliphatic heterocycles. The highest BCUT2D eigenvalue weighted by molar-refractivity contribution is 5.88. The van der Waals surface area contributed by atoms with E-state index >= 15 is 0 Å². The number of hydrogen-bond donors (Lipinski definition) is 2. The lowest BCUT2D eigenvalue weighted by Crippen LogP contribution is -2.20. The van der Waals surface area contributed by atoms with Gasteiger partial charge in [0.15, 0.2) is 11.6 Å². The molecular weight excluding hydrogens is 228 g/mol. The first kappa shape index (κ1) is 13.4. The summed E-state index contributed by atoms with van der Waals surface area (Å²) in [4.78, 5) is 10.6. The van der Waals surface area contributed by atoms with E-state index in [2.05, 4.69) is 5.32 Å². The predicted octanol–water partition coefficient (Wildman–Crippen LogP) is 3.12. The fourth-order valence-electron chi connectivity index (χ4n) is 1.21. The third-order valence-corrected chi connectivity index (χ3v) is 2.12. The monoisotopic (exact) mass is 243 g/mol. The first-order valence-corrected chi connectivity index (χ1v) is 5.17. The van der Waals surface area contributed by atoms with Gasteiger partial charge in [-0.05, 0) is 17.5 Å². The third kappa shape index (κ3) is 3.41. The maximum atomic E-state index is 13.5. The van der Waals surface area contributed by atoms with E-state index in [1.165, 1.54) is 6.07 Å². The minimum Gasteiger partial charge on any atom is -0.478 e. The molecule has 0 saturated carbocycles. The smallest absolute Gasteiger partial charge is 0.338 e. The van der Waals surface area contributed by atoms with Crippen molar-refractivity contribution in [3.63, 3.8) is 0 Å². The highest BCUT2D eigenvalue weighted by atomic mass is 19.2. The van der Waals surface area contributed by atoms with Crippen LogP contribution in [0, 0.1) is 17.0 Å². The van der Waals surface area contributed by atoms with Crippen molar-refractivity contribution in [3.05, 3.63) is 29.3 Å². The van der Waals surface area contributed by atoms with Crippen molar-refractivity contribution in [2.24, 2.45) is 5.41 Å². The van der Waals surface area contributed by atoms with Crippen LogP contribution in [0.15, 0.2) is 12.1 Å². The average molecular weight is 243 g/mol. The summed E-state index contributed by atoms with van der Waals surface area (Å²) in [5, 5.41) is 11.4. The summed E-state index contributed by atoms with van der Waals surface area (Å²) < 4.78 is 26.8. The van der Waals surface area contributed by atoms with Crippen LogP contribution in [0.4, 0.5) is 14.5 Å². The third-order valence-electron chi connectivity index (χ3n) is 2.12. The van der Waals surface area contributed by atoms with Gasteiger partial charge in [-0.1, -0.05) is 20.8 Å². The lowest BCUT2D eigenvalue weighted by Gasteiger charge is -2.20. The quantitative estimate of drug-likeness (QED) is 0.857. The Morgan fingerprint density at radius 3 is 2.35 bits per heavy atom. The number of carbonyl (C=O) groups is 1. The molecule has 0 fully saturated rings. The number of anilines is 1. The zero-order valence-corrected chi connectivity index (χ0v) is 9.97. The van der Waals surface area contributed by atoms with Gasteiger partial charge < -0.3 is 10.4 Å². The average Bonchev–Trinajstić information content (AvgIpc) is 2.18. The van der Waals surface area contributed by atoms with Gasteiger partial charge >= 0.3 is 5.97 Å². The molecule has 1 aromatic rings. The molecule has 0 atom stereocenters. The van der Waals surface area contributed by atoms with Crippen LogP contribution in [0.2, 0.25) is 0 Å². The van der Waals surface area contributed by atoms with Crippen molar-refractivity contribution in [3.8, 4) is 0 Å². The summed E-state index contributed by atoms with van der Waals surface area (Å²) in [7, 11) is 0. The number of aromatic carboxylic acids is 1. The standard InChI is InChI=1S/C12H15F2NO2/c1-12(2,3)6-15-8-5-4-7(11(16)17)9(13)10(8)14/h4-5,15H,6H2,1-3H3,(H,16,17). The van der Waals surface area contributed by atoms with Gasteiger partial charge in [0.1, 0.15) is 0 Å². The van der Waals surface area contributed by atoms with Crippen molar-refractivity contribution in [2.45, 2.75) is 20.8 Å². The van der Waals surface area contributed by atoms with Crippen molar-refractivity contribution < 1.29 is 18.7 Å². The molecule has 0 aliphatic rings. The predicted molar refractivity (Wildman–Crippen MR) is 61.3 cm³/mol. The number of hydrogen-bond acceptors (Lipinski definition) is 2. The second-order valence-electron chi connectivity index (χ2n) is 5.01. The van der Waals surface area contributed by atoms with E-state index in [0.29, 0.717) is 6.54 Å². The van der Waals surface area contributed by atoms with E-state index in [0.717, 1.165) is 6.07 Å². The Kier molecular flexibility index (Phi) is 3.70. The molecule has 1 rings (SSSR count). The van der Waals surface area contributed by atoms with E-state index in [9.17, 15) is 13.6 Å². The molecule has 0 aromatic heterocycles. The van der Waals surface area contributed by atoms with E-state index < -0.39 is 23.2 Å². The molecule has 0 saturated heterocycles. The van der Waals surface area contributed by atoms with Crippen LogP contribution >= 0.6 is 0 Å². The number of halogens is 2. The molecule has 2 N–H and O–H groups in total. The van der Waals surface area contributed by atoms with Gasteiger partial charge in [0.25, 0.3) is 0 Å². The van der Waals surface area contributed by atoms with Gasteiger partial charge in [-0.2, -0.15) is 0 Å². The normalized spacial score (nSPS) is 11.4. The van der Waals surface area contributed by atoms with Crippen molar-refractivity contribution in [1.82, 2.24) is 0 Å². The molecule has 1 aromatic carbocycles. The van der Waals surface area contributed by atoms with Crippen LogP contribution in [0.1, 0.15) is 31.1 Å². The van der Waals surface area contributed by atoms with Crippen LogP contribution in [0.25, 0.3) is 0 Å². The number of carboxylic acids is 1. The first-order valence-electron chi connectivity index (χ1n) is 5.17. The fourth-order valence-corrected chi connectivity index (χ4v) is 1.21. The van der Waals surface area contributed by atoms with Gasteiger partial charge in [-0.3, -0.25) is 0 Å². The molecule has 0 radical (unpaired) electrons. The lowest BCUT2D eigenvalue weighted by molar-refractivity contribution is 0.0690. The molecule has 3 nitrogen and oxygen atoms in total. The van der Waals surface area contributed by atoms with E-state index in [1.807, 2.05) is 20.8 Å². The van der Waals surface area contributed by atoms with Crippen LogP contribution in [0.3, 0.4) is 0 Å². The van der Waals surface area contributed by atoms with Crippen LogP contribution < -0.4 is 5.32 Å². The zero-order valence-electron chi connectivity index (χ0n) is 9.97. The van der Waals surface area contributed by atoms with Crippen molar-refractivity contribution >= 4 is 11.7 Å². The van der Waals surface area contributed by atoms with Gasteiger partial charge in [-0.15, -0.1) is 0 Å². The molecule has 0 aliphatic carbocycles. The Hall–Kier alpha value is -1.65. The van der Waals surface area contributed by atoms with E-state index in [1.54, 1.807) is 0 Å². The Bertz CT molecular complexity index is 439. The van der Waals surface area contributed by atoms with E-state index in [-0.39, 0.29) is 11.1 Å². The molecule has 0 bridgehead atoms. The highest BCUT2D eigenvalue weighted by Crippen LogP contribution is 2.22. The van der Waals surface area contributed by atoms with Gasteiger partial charge in [-0.25, -0.2) is 13.6 Å². The Morgan fingerprint density at radius 1 is 1.29 bits per heavy atom. The molecule has 0 spiro atoms. The lowest BCUT2D eigenvalue weighted by atomic mass is 9.97. The summed E-state index contributed by atoms with van der Waals surface area (Å²) in [5.74, 6) is -3.98. The summed E-state index contributed by atoms with van der Waals surface area (Å²) in [5.41, 5.74) is -0.778. The Balaban J connectivity index is 2.97. The molecule has 5 heteroatoms. The summed E-state index contributed by atoms with van der Waals surface area (Å²) in [6.07, 6.45) is 0. The minimum atomic E-state index is -1.48. The molecule has 94 valence electrons. The molecule has 0 heterocycles. The van der Waals surface area contributed by atoms with Crippen LogP contribution in [-0.4, -0.2) is 17.6 Å². The zero-order chi connectivity index (χ0) is 13.2. The maximum absolute atomic E-state index is 13.5. The fraction of sp³-hybridized carbons (Fsp3) is 0.417. The summed E-state index contributed by atoms with van der Waals surface area (Å²) in [6.45, 7) is 6.29. The van der Waals surface area contributed by atoms with Gasteiger partial charge in [0, 0.05) is 6.54 Å². The minimum absolute atomic E-state index is 0.0255. The van der Waals surface area contributed by atoms with Crippen molar-refractivity contribution in [2.75, 3.05) is 11.9 Å². The largest absolute Gasteiger partial charge is 0.478 e. The molecular formula is C12H15F2NO2. The van der Waals surface area contributed by atoms with E-state index in [4.69, 9.17) is 5.11 Å². The Labute approximate surface area is 98.5 Å². The summed E-state index contributed by atoms with van der Waals surface area (Å²) >= 11 is 0.